The van der Waals surface area contributed by atoms with Gasteiger partial charge < -0.3 is 24.2 Å². The lowest BCUT2D eigenvalue weighted by Gasteiger charge is -2.22. The van der Waals surface area contributed by atoms with Crippen molar-refractivity contribution in [3.05, 3.63) is 152 Å². The predicted octanol–water partition coefficient (Wildman–Crippen LogP) is 9.73. The van der Waals surface area contributed by atoms with Crippen LogP contribution in [0.3, 0.4) is 0 Å². The smallest absolute Gasteiger partial charge is 0.331 e. The number of fused-ring (bicyclic) bond motifs is 5. The first-order valence-electron chi connectivity index (χ1n) is 27.1. The largest absolute Gasteiger partial charge is 0.370 e. The number of para-hydroxylation sites is 4. The van der Waals surface area contributed by atoms with Crippen LogP contribution in [0.25, 0.3) is 11.0 Å². The molecule has 5 unspecified atom stereocenters. The average Bonchev–Trinajstić information content (AvgIpc) is 4.36. The monoisotopic (exact) mass is 1160 g/mol. The van der Waals surface area contributed by atoms with E-state index in [1.807, 2.05) is 120 Å². The van der Waals surface area contributed by atoms with Crippen LogP contribution in [0.2, 0.25) is 10.0 Å². The first kappa shape index (κ1) is 56.1. The van der Waals surface area contributed by atoms with Gasteiger partial charge in [0.25, 0.3) is 0 Å². The molecule has 0 fully saturated rings. The topological polar surface area (TPSA) is 216 Å². The molecule has 0 radical (unpaired) electrons. The van der Waals surface area contributed by atoms with Gasteiger partial charge in [0.2, 0.25) is 54.8 Å². The molecular weight excluding hydrogens is 1110 g/mol. The van der Waals surface area contributed by atoms with Crippen molar-refractivity contribution in [2.75, 3.05) is 19.6 Å². The standard InChI is InChI=1S/2C12H11ClN2O2.C12H13N3O2.2C12H12N2O2/c2*1-7-4-12(17-14-7)15-10-6-9(13)3-2-8(10)5-11(15)16;1-8-7-11(17-13-8)15-10-6-4-3-5-9(10)14(2)12(15)16;2*1-8-6-12(16-13-8)14-10-5-3-2-4-9(10)7-11(14)15/h2*2-3,6,12H,4-5H2,1H3;3-6,11H,7H2,1-2H3;2*2-5,12H,6-7H2,1H3. The molecule has 9 aliphatic heterocycles. The predicted molar refractivity (Wildman–Crippen MR) is 316 cm³/mol. The molecule has 0 saturated carbocycles. The van der Waals surface area contributed by atoms with E-state index in [9.17, 15) is 24.0 Å². The van der Waals surface area contributed by atoms with Crippen molar-refractivity contribution in [2.24, 2.45) is 32.8 Å². The lowest BCUT2D eigenvalue weighted by molar-refractivity contribution is -0.120. The van der Waals surface area contributed by atoms with Gasteiger partial charge in [-0.1, -0.05) is 110 Å². The van der Waals surface area contributed by atoms with Crippen LogP contribution in [0.5, 0.6) is 0 Å². The van der Waals surface area contributed by atoms with Gasteiger partial charge in [0, 0.05) is 49.2 Å². The van der Waals surface area contributed by atoms with E-state index in [0.717, 1.165) is 84.6 Å². The van der Waals surface area contributed by atoms with Crippen molar-refractivity contribution in [1.29, 1.82) is 0 Å². The van der Waals surface area contributed by atoms with Gasteiger partial charge in [-0.25, -0.2) is 4.79 Å². The highest BCUT2D eigenvalue weighted by Gasteiger charge is 2.40. The number of anilines is 4. The van der Waals surface area contributed by atoms with Crippen LogP contribution in [0.15, 0.2) is 140 Å². The second kappa shape index (κ2) is 23.6. The zero-order valence-electron chi connectivity index (χ0n) is 46.4. The third-order valence-electron chi connectivity index (χ3n) is 15.0. The number of rotatable bonds is 5. The minimum absolute atomic E-state index is 0.0390. The Hall–Kier alpha value is -8.82. The Morgan fingerprint density at radius 2 is 0.687 bits per heavy atom. The molecule has 5 atom stereocenters. The van der Waals surface area contributed by atoms with Crippen molar-refractivity contribution in [3.8, 4) is 0 Å². The van der Waals surface area contributed by atoms with E-state index in [0.29, 0.717) is 67.8 Å². The van der Waals surface area contributed by atoms with E-state index in [1.54, 1.807) is 60.0 Å². The quantitative estimate of drug-likeness (QED) is 0.159. The number of hydrogen-bond acceptors (Lipinski definition) is 15. The number of carbonyl (C=O) groups is 4. The molecule has 15 rings (SSSR count). The molecule has 83 heavy (non-hydrogen) atoms. The summed E-state index contributed by atoms with van der Waals surface area (Å²) >= 11 is 11.9. The fraction of sp³-hybridized carbons (Fsp3) is 0.333. The van der Waals surface area contributed by atoms with Gasteiger partial charge in [-0.05, 0) is 105 Å². The second-order valence-electron chi connectivity index (χ2n) is 21.2. The van der Waals surface area contributed by atoms with E-state index in [-0.39, 0.29) is 60.5 Å². The van der Waals surface area contributed by atoms with Crippen LogP contribution in [-0.4, -0.2) is 86.2 Å². The Kier molecular flexibility index (Phi) is 15.9. The Morgan fingerprint density at radius 3 is 1.04 bits per heavy atom. The molecule has 0 saturated heterocycles. The molecule has 9 aliphatic rings. The Morgan fingerprint density at radius 1 is 0.386 bits per heavy atom. The summed E-state index contributed by atoms with van der Waals surface area (Å²) in [5.74, 6) is 0.265. The molecule has 0 aliphatic carbocycles. The highest BCUT2D eigenvalue weighted by molar-refractivity contribution is 6.31. The van der Waals surface area contributed by atoms with E-state index >= 15 is 0 Å². The fourth-order valence-corrected chi connectivity index (χ4v) is 11.4. The van der Waals surface area contributed by atoms with E-state index in [2.05, 4.69) is 25.8 Å². The molecule has 0 bridgehead atoms. The zero-order valence-corrected chi connectivity index (χ0v) is 47.9. The number of imidazole rings is 1. The molecule has 4 amide bonds. The van der Waals surface area contributed by atoms with Gasteiger partial charge >= 0.3 is 5.69 Å². The summed E-state index contributed by atoms with van der Waals surface area (Å²) < 4.78 is 3.29. The van der Waals surface area contributed by atoms with Crippen LogP contribution in [-0.2, 0) is 76.1 Å². The number of amides is 4. The normalized spacial score (nSPS) is 22.1. The number of aromatic nitrogens is 2. The van der Waals surface area contributed by atoms with Gasteiger partial charge in [-0.2, -0.15) is 0 Å². The van der Waals surface area contributed by atoms with Crippen molar-refractivity contribution in [2.45, 2.75) is 124 Å². The van der Waals surface area contributed by atoms with Crippen molar-refractivity contribution >= 4 is 109 Å². The van der Waals surface area contributed by atoms with Crippen LogP contribution in [0.1, 0.15) is 95.2 Å². The Balaban J connectivity index is 0.000000109. The summed E-state index contributed by atoms with van der Waals surface area (Å²) in [6, 6.07) is 34.3. The van der Waals surface area contributed by atoms with E-state index in [1.165, 1.54) is 0 Å². The van der Waals surface area contributed by atoms with Crippen LogP contribution in [0.4, 0.5) is 22.7 Å². The van der Waals surface area contributed by atoms with Crippen LogP contribution >= 0.6 is 23.2 Å². The maximum Gasteiger partial charge on any atom is 0.331 e. The molecule has 0 spiro atoms. The van der Waals surface area contributed by atoms with Gasteiger partial charge in [-0.15, -0.1) is 0 Å². The number of halogens is 2. The third kappa shape index (κ3) is 11.5. The summed E-state index contributed by atoms with van der Waals surface area (Å²) in [5, 5.41) is 20.7. The molecule has 6 aromatic rings. The van der Waals surface area contributed by atoms with Gasteiger partial charge in [0.1, 0.15) is 0 Å². The zero-order chi connectivity index (χ0) is 58.2. The maximum atomic E-state index is 12.2. The highest BCUT2D eigenvalue weighted by Crippen LogP contribution is 2.38. The van der Waals surface area contributed by atoms with Crippen LogP contribution in [0, 0.1) is 0 Å². The molecule has 0 N–H and O–H groups in total. The average molecular weight is 1170 g/mol. The first-order chi connectivity index (χ1) is 40.0. The number of aryl methyl sites for hydroxylation is 1. The molecule has 21 nitrogen and oxygen atoms in total. The molecule has 1 aromatic heterocycles. The SMILES string of the molecule is CC1=NOC(N2C(=O)Cc3ccc(Cl)cc32)C1.CC1=NOC(N2C(=O)Cc3ccc(Cl)cc32)C1.CC1=NOC(N2C(=O)Cc3ccccc32)C1.CC1=NOC(N2C(=O)Cc3ccccc32)C1.CC1=NOC(n2c(=O)n(C)c3ccccc32)C1. The number of benzene rings is 5. The molecule has 23 heteroatoms. The first-order valence-corrected chi connectivity index (χ1v) is 27.9. The second-order valence-corrected chi connectivity index (χ2v) is 22.1. The lowest BCUT2D eigenvalue weighted by Crippen LogP contribution is -2.37. The maximum absolute atomic E-state index is 12.2. The van der Waals surface area contributed by atoms with Gasteiger partial charge in [-0.3, -0.25) is 47.9 Å². The van der Waals surface area contributed by atoms with Crippen molar-refractivity contribution < 1.29 is 43.4 Å². The van der Waals surface area contributed by atoms with Crippen molar-refractivity contribution in [1.82, 2.24) is 9.13 Å². The summed E-state index contributed by atoms with van der Waals surface area (Å²) in [4.78, 5) is 93.1. The van der Waals surface area contributed by atoms with E-state index < -0.39 is 0 Å². The molecular formula is C60H59Cl2N11O10. The molecule has 428 valence electrons. The third-order valence-corrected chi connectivity index (χ3v) is 15.5. The Bertz CT molecular complexity index is 3630. The fourth-order valence-electron chi connectivity index (χ4n) is 11.1. The summed E-state index contributed by atoms with van der Waals surface area (Å²) in [5.41, 5.74) is 14.0. The number of oxime groups is 5. The summed E-state index contributed by atoms with van der Waals surface area (Å²) in [6.07, 6.45) is 3.65. The molecule has 5 aromatic carbocycles. The minimum atomic E-state index is -0.317. The van der Waals surface area contributed by atoms with Crippen LogP contribution < -0.4 is 25.3 Å². The van der Waals surface area contributed by atoms with Crippen molar-refractivity contribution in [3.63, 3.8) is 0 Å². The van der Waals surface area contributed by atoms with Gasteiger partial charge in [0.15, 0.2) is 0 Å². The Labute approximate surface area is 487 Å². The number of hydrogen-bond donors (Lipinski definition) is 0. The van der Waals surface area contributed by atoms with Gasteiger partial charge in [0.05, 0.1) is 88.0 Å². The molecule has 10 heterocycles. The number of nitrogens with zero attached hydrogens (tertiary/aromatic N) is 11. The highest BCUT2D eigenvalue weighted by atomic mass is 35.5. The number of carbonyl (C=O) groups excluding carboxylic acids is 4. The van der Waals surface area contributed by atoms with E-state index in [4.69, 9.17) is 47.4 Å². The summed E-state index contributed by atoms with van der Waals surface area (Å²) in [6.45, 7) is 9.49. The minimum Gasteiger partial charge on any atom is -0.370 e. The lowest BCUT2D eigenvalue weighted by atomic mass is 10.2. The summed E-state index contributed by atoms with van der Waals surface area (Å²) in [7, 11) is 1.77.